The number of aliphatic hydroxyl groups is 1. The zero-order valence-electron chi connectivity index (χ0n) is 19.8. The van der Waals surface area contributed by atoms with E-state index >= 15 is 0 Å². The van der Waals surface area contributed by atoms with Crippen molar-refractivity contribution in [3.8, 4) is 17.7 Å². The van der Waals surface area contributed by atoms with E-state index in [2.05, 4.69) is 47.8 Å². The standard InChI is InChI=1S/C26H33N3O4/c1-19-15-29(20(2)18-30)26(31)23-13-22(11-8-12-32-4)14-27-25(23)33-24(19)17-28(3)16-21-9-6-5-7-10-21/h5-7,9-10,13-14,19-20,24,30H,12,15-18H2,1-4H3/t19-,20-,24-/m1/s1. The molecule has 1 amide bonds. The zero-order chi connectivity index (χ0) is 23.8. The number of hydrogen-bond donors (Lipinski definition) is 1. The van der Waals surface area contributed by atoms with Crippen molar-refractivity contribution in [2.45, 2.75) is 32.5 Å². The second-order valence-corrected chi connectivity index (χ2v) is 8.62. The van der Waals surface area contributed by atoms with E-state index in [-0.39, 0.29) is 30.6 Å². The molecule has 0 aliphatic carbocycles. The second-order valence-electron chi connectivity index (χ2n) is 8.62. The Morgan fingerprint density at radius 1 is 1.36 bits per heavy atom. The number of benzene rings is 1. The number of rotatable bonds is 7. The summed E-state index contributed by atoms with van der Waals surface area (Å²) in [6, 6.07) is 11.7. The second kappa shape index (κ2) is 11.8. The molecular weight excluding hydrogens is 418 g/mol. The Kier molecular flexibility index (Phi) is 8.84. The molecule has 0 bridgehead atoms. The van der Waals surface area contributed by atoms with Gasteiger partial charge in [-0.05, 0) is 25.6 Å². The normalized spacial score (nSPS) is 19.1. The molecule has 1 aliphatic rings. The predicted molar refractivity (Wildman–Crippen MR) is 127 cm³/mol. The van der Waals surface area contributed by atoms with Crippen molar-refractivity contribution in [2.75, 3.05) is 40.5 Å². The molecule has 1 aromatic heterocycles. The number of hydrogen-bond acceptors (Lipinski definition) is 6. The third-order valence-corrected chi connectivity index (χ3v) is 5.76. The van der Waals surface area contributed by atoms with Crippen LogP contribution in [-0.2, 0) is 11.3 Å². The lowest BCUT2D eigenvalue weighted by atomic mass is 9.99. The van der Waals surface area contributed by atoms with E-state index in [9.17, 15) is 9.90 Å². The first kappa shape index (κ1) is 24.7. The maximum absolute atomic E-state index is 13.4. The van der Waals surface area contributed by atoms with Crippen molar-refractivity contribution in [1.29, 1.82) is 0 Å². The van der Waals surface area contributed by atoms with Crippen LogP contribution in [0.4, 0.5) is 0 Å². The molecule has 0 spiro atoms. The Bertz CT molecular complexity index is 986. The largest absolute Gasteiger partial charge is 0.472 e. The van der Waals surface area contributed by atoms with Crippen LogP contribution in [0.15, 0.2) is 42.6 Å². The van der Waals surface area contributed by atoms with Crippen LogP contribution in [0.5, 0.6) is 5.88 Å². The molecule has 33 heavy (non-hydrogen) atoms. The fourth-order valence-corrected chi connectivity index (χ4v) is 3.87. The molecule has 7 heteroatoms. The number of aliphatic hydroxyl groups excluding tert-OH is 1. The van der Waals surface area contributed by atoms with E-state index in [1.807, 2.05) is 25.1 Å². The summed E-state index contributed by atoms with van der Waals surface area (Å²) in [5, 5.41) is 9.79. The maximum Gasteiger partial charge on any atom is 0.259 e. The number of ether oxygens (including phenoxy) is 2. The van der Waals surface area contributed by atoms with Gasteiger partial charge in [0.05, 0.1) is 12.6 Å². The molecule has 7 nitrogen and oxygen atoms in total. The Morgan fingerprint density at radius 2 is 2.12 bits per heavy atom. The van der Waals surface area contributed by atoms with Gasteiger partial charge in [-0.25, -0.2) is 4.98 Å². The summed E-state index contributed by atoms with van der Waals surface area (Å²) in [4.78, 5) is 21.8. The van der Waals surface area contributed by atoms with Gasteiger partial charge in [0, 0.05) is 44.4 Å². The van der Waals surface area contributed by atoms with Gasteiger partial charge < -0.3 is 19.5 Å². The highest BCUT2D eigenvalue weighted by Gasteiger charge is 2.34. The molecule has 2 aromatic rings. The lowest BCUT2D eigenvalue weighted by Crippen LogP contribution is -2.49. The van der Waals surface area contributed by atoms with E-state index in [1.165, 1.54) is 5.56 Å². The number of fused-ring (bicyclic) bond motifs is 1. The third kappa shape index (κ3) is 6.55. The third-order valence-electron chi connectivity index (χ3n) is 5.76. The fourth-order valence-electron chi connectivity index (χ4n) is 3.87. The molecule has 0 fully saturated rings. The van der Waals surface area contributed by atoms with E-state index in [4.69, 9.17) is 9.47 Å². The lowest BCUT2D eigenvalue weighted by molar-refractivity contribution is 0.0325. The van der Waals surface area contributed by atoms with Crippen LogP contribution < -0.4 is 4.74 Å². The quantitative estimate of drug-likeness (QED) is 0.652. The molecule has 2 heterocycles. The molecular formula is C26H33N3O4. The first-order chi connectivity index (χ1) is 15.9. The molecule has 1 aliphatic heterocycles. The minimum atomic E-state index is -0.322. The average molecular weight is 452 g/mol. The molecule has 3 rings (SSSR count). The highest BCUT2D eigenvalue weighted by Crippen LogP contribution is 2.27. The predicted octanol–water partition coefficient (Wildman–Crippen LogP) is 2.43. The molecule has 1 N–H and O–H groups in total. The van der Waals surface area contributed by atoms with Crippen LogP contribution >= 0.6 is 0 Å². The number of aromatic nitrogens is 1. The Balaban J connectivity index is 1.89. The van der Waals surface area contributed by atoms with Crippen molar-refractivity contribution in [1.82, 2.24) is 14.8 Å². The summed E-state index contributed by atoms with van der Waals surface area (Å²) in [5.74, 6) is 5.99. The smallest absolute Gasteiger partial charge is 0.259 e. The van der Waals surface area contributed by atoms with Crippen LogP contribution in [-0.4, -0.2) is 78.4 Å². The molecule has 3 atom stereocenters. The summed E-state index contributed by atoms with van der Waals surface area (Å²) >= 11 is 0. The zero-order valence-corrected chi connectivity index (χ0v) is 19.8. The van der Waals surface area contributed by atoms with Crippen LogP contribution in [0, 0.1) is 17.8 Å². The highest BCUT2D eigenvalue weighted by molar-refractivity contribution is 5.97. The number of nitrogens with zero attached hydrogens (tertiary/aromatic N) is 3. The molecule has 1 aromatic carbocycles. The van der Waals surface area contributed by atoms with E-state index < -0.39 is 0 Å². The summed E-state index contributed by atoms with van der Waals surface area (Å²) < 4.78 is 11.3. The number of carbonyl (C=O) groups excluding carboxylic acids is 1. The average Bonchev–Trinajstić information content (AvgIpc) is 2.82. The fraction of sp³-hybridized carbons (Fsp3) is 0.462. The monoisotopic (exact) mass is 451 g/mol. The number of pyridine rings is 1. The first-order valence-electron chi connectivity index (χ1n) is 11.2. The molecule has 0 saturated heterocycles. The van der Waals surface area contributed by atoms with E-state index in [0.717, 1.165) is 6.54 Å². The van der Waals surface area contributed by atoms with Gasteiger partial charge >= 0.3 is 0 Å². The minimum absolute atomic E-state index is 0.0392. The Labute approximate surface area is 196 Å². The lowest BCUT2D eigenvalue weighted by Gasteiger charge is -2.37. The van der Waals surface area contributed by atoms with Gasteiger partial charge in [0.1, 0.15) is 18.3 Å². The topological polar surface area (TPSA) is 75.1 Å². The van der Waals surface area contributed by atoms with Crippen LogP contribution in [0.25, 0.3) is 0 Å². The van der Waals surface area contributed by atoms with Crippen molar-refractivity contribution in [3.05, 3.63) is 59.3 Å². The summed E-state index contributed by atoms with van der Waals surface area (Å²) in [6.07, 6.45) is 1.43. The summed E-state index contributed by atoms with van der Waals surface area (Å²) in [6.45, 7) is 6.03. The van der Waals surface area contributed by atoms with E-state index in [1.54, 1.807) is 24.3 Å². The van der Waals surface area contributed by atoms with Crippen molar-refractivity contribution < 1.29 is 19.4 Å². The number of methoxy groups -OCH3 is 1. The van der Waals surface area contributed by atoms with Crippen LogP contribution in [0.2, 0.25) is 0 Å². The van der Waals surface area contributed by atoms with Gasteiger partial charge in [-0.1, -0.05) is 49.1 Å². The van der Waals surface area contributed by atoms with E-state index in [0.29, 0.717) is 36.7 Å². The minimum Gasteiger partial charge on any atom is -0.472 e. The Hall–Kier alpha value is -2.92. The van der Waals surface area contributed by atoms with Gasteiger partial charge in [0.15, 0.2) is 0 Å². The van der Waals surface area contributed by atoms with Crippen molar-refractivity contribution in [2.24, 2.45) is 5.92 Å². The van der Waals surface area contributed by atoms with Gasteiger partial charge in [-0.15, -0.1) is 0 Å². The van der Waals surface area contributed by atoms with Gasteiger partial charge in [-0.3, -0.25) is 9.69 Å². The van der Waals surface area contributed by atoms with Crippen molar-refractivity contribution >= 4 is 5.91 Å². The van der Waals surface area contributed by atoms with Gasteiger partial charge in [0.2, 0.25) is 5.88 Å². The number of amides is 1. The molecule has 0 radical (unpaired) electrons. The summed E-state index contributed by atoms with van der Waals surface area (Å²) in [5.41, 5.74) is 2.20. The Morgan fingerprint density at radius 3 is 2.82 bits per heavy atom. The van der Waals surface area contributed by atoms with Crippen LogP contribution in [0.3, 0.4) is 0 Å². The maximum atomic E-state index is 13.4. The van der Waals surface area contributed by atoms with Gasteiger partial charge in [0.25, 0.3) is 5.91 Å². The molecule has 0 unspecified atom stereocenters. The number of likely N-dealkylation sites (N-methyl/N-ethyl adjacent to an activating group) is 1. The first-order valence-corrected chi connectivity index (χ1v) is 11.2. The van der Waals surface area contributed by atoms with Crippen molar-refractivity contribution in [3.63, 3.8) is 0 Å². The SMILES string of the molecule is COCC#Cc1cnc2c(c1)C(=O)N([C@H](C)CO)C[C@@H](C)[C@@H](CN(C)Cc1ccccc1)O2. The number of carbonyl (C=O) groups is 1. The summed E-state index contributed by atoms with van der Waals surface area (Å²) in [7, 11) is 3.64. The molecule has 0 saturated carbocycles. The van der Waals surface area contributed by atoms with Gasteiger partial charge in [-0.2, -0.15) is 0 Å². The molecule has 176 valence electrons. The highest BCUT2D eigenvalue weighted by atomic mass is 16.5. The van der Waals surface area contributed by atoms with Crippen LogP contribution in [0.1, 0.15) is 35.3 Å².